The van der Waals surface area contributed by atoms with Crippen LogP contribution >= 0.6 is 0 Å². The van der Waals surface area contributed by atoms with E-state index in [4.69, 9.17) is 5.10 Å². The second kappa shape index (κ2) is 11.7. The molecule has 2 atom stereocenters. The molecule has 2 bridgehead atoms. The quantitative estimate of drug-likeness (QED) is 0.189. The number of aromatic nitrogens is 5. The smallest absolute Gasteiger partial charge is 0.324 e. The van der Waals surface area contributed by atoms with E-state index in [1.165, 1.54) is 5.56 Å². The van der Waals surface area contributed by atoms with Gasteiger partial charge in [0.05, 0.1) is 11.4 Å². The van der Waals surface area contributed by atoms with Crippen molar-refractivity contribution in [1.82, 2.24) is 30.1 Å². The number of aryl methyl sites for hydroxylation is 1. The van der Waals surface area contributed by atoms with Crippen molar-refractivity contribution in [3.8, 4) is 5.69 Å². The van der Waals surface area contributed by atoms with E-state index in [9.17, 15) is 9.59 Å². The zero-order chi connectivity index (χ0) is 32.0. The molecular weight excluding hydrogens is 576 g/mol. The van der Waals surface area contributed by atoms with Crippen LogP contribution in [0.25, 0.3) is 16.7 Å². The number of hydrogen-bond donors (Lipinski definition) is 3. The van der Waals surface area contributed by atoms with E-state index in [0.717, 1.165) is 60.3 Å². The maximum absolute atomic E-state index is 13.6. The third-order valence-electron chi connectivity index (χ3n) is 9.34. The Kier molecular flexibility index (Phi) is 7.58. The van der Waals surface area contributed by atoms with Crippen molar-refractivity contribution in [2.24, 2.45) is 5.92 Å². The predicted molar refractivity (Wildman–Crippen MR) is 179 cm³/mol. The molecule has 0 saturated carbocycles. The predicted octanol–water partition coefficient (Wildman–Crippen LogP) is 7.02. The fourth-order valence-corrected chi connectivity index (χ4v) is 7.02. The molecule has 2 saturated heterocycles. The van der Waals surface area contributed by atoms with Crippen molar-refractivity contribution in [1.29, 1.82) is 0 Å². The molecule has 0 radical (unpaired) electrons. The lowest BCUT2D eigenvalue weighted by Crippen LogP contribution is -2.46. The first-order valence-corrected chi connectivity index (χ1v) is 16.1. The van der Waals surface area contributed by atoms with Gasteiger partial charge < -0.3 is 10.2 Å². The van der Waals surface area contributed by atoms with Crippen LogP contribution in [-0.2, 0) is 11.8 Å². The number of carbonyl (C=O) groups excluding carboxylic acids is 2. The van der Waals surface area contributed by atoms with Crippen LogP contribution in [0.15, 0.2) is 72.8 Å². The second-order valence-corrected chi connectivity index (χ2v) is 13.9. The zero-order valence-corrected chi connectivity index (χ0v) is 26.7. The topological polar surface area (TPSA) is 121 Å². The number of nitrogens with zero attached hydrogens (tertiary/aromatic N) is 5. The SMILES string of the molecule is Cc1ccc(-n2nc(C(C)(C)C)cc2NC(=O)Nc2cccc(CC3CC4CCC(C3)N4C(=O)c3ccc4n[nH]nc4c3)c2)cc1. The van der Waals surface area contributed by atoms with Gasteiger partial charge in [-0.2, -0.15) is 20.5 Å². The van der Waals surface area contributed by atoms with Gasteiger partial charge in [-0.05, 0) is 93.0 Å². The van der Waals surface area contributed by atoms with E-state index >= 15 is 0 Å². The Bertz CT molecular complexity index is 1890. The molecule has 5 aromatic rings. The monoisotopic (exact) mass is 616 g/mol. The minimum absolute atomic E-state index is 0.0893. The number of nitrogens with one attached hydrogen (secondary N) is 3. The Labute approximate surface area is 268 Å². The summed E-state index contributed by atoms with van der Waals surface area (Å²) >= 11 is 0. The van der Waals surface area contributed by atoms with Crippen molar-refractivity contribution in [3.63, 3.8) is 0 Å². The van der Waals surface area contributed by atoms with Gasteiger partial charge in [0.2, 0.25) is 0 Å². The van der Waals surface area contributed by atoms with Crippen LogP contribution in [0, 0.1) is 12.8 Å². The molecule has 3 aromatic carbocycles. The lowest BCUT2D eigenvalue weighted by atomic mass is 9.85. The molecule has 2 unspecified atom stereocenters. The molecule has 3 amide bonds. The van der Waals surface area contributed by atoms with E-state index in [0.29, 0.717) is 22.8 Å². The van der Waals surface area contributed by atoms with Gasteiger partial charge in [0.15, 0.2) is 0 Å². The molecule has 2 aliphatic rings. The summed E-state index contributed by atoms with van der Waals surface area (Å²) in [4.78, 5) is 28.9. The number of urea groups is 1. The molecule has 0 spiro atoms. The molecule has 4 heterocycles. The summed E-state index contributed by atoms with van der Waals surface area (Å²) in [5, 5.41) is 21.8. The number of benzene rings is 3. The summed E-state index contributed by atoms with van der Waals surface area (Å²) in [6, 6.07) is 23.8. The van der Waals surface area contributed by atoms with Gasteiger partial charge in [-0.3, -0.25) is 10.1 Å². The molecule has 0 aliphatic carbocycles. The first-order valence-electron chi connectivity index (χ1n) is 16.1. The number of amides is 3. The Balaban J connectivity index is 1.00. The van der Waals surface area contributed by atoms with Crippen LogP contribution < -0.4 is 10.6 Å². The first kappa shape index (κ1) is 29.7. The number of aromatic amines is 1. The lowest BCUT2D eigenvalue weighted by Gasteiger charge is -2.39. The highest BCUT2D eigenvalue weighted by Crippen LogP contribution is 2.41. The van der Waals surface area contributed by atoms with Crippen LogP contribution in [0.4, 0.5) is 16.3 Å². The van der Waals surface area contributed by atoms with Gasteiger partial charge in [-0.1, -0.05) is 50.6 Å². The van der Waals surface area contributed by atoms with Crippen LogP contribution in [-0.4, -0.2) is 54.1 Å². The van der Waals surface area contributed by atoms with Gasteiger partial charge >= 0.3 is 6.03 Å². The zero-order valence-electron chi connectivity index (χ0n) is 26.7. The summed E-state index contributed by atoms with van der Waals surface area (Å²) in [5.41, 5.74) is 6.82. The Morgan fingerprint density at radius 2 is 1.63 bits per heavy atom. The molecule has 2 fully saturated rings. The number of H-pyrrole nitrogens is 1. The molecule has 3 N–H and O–H groups in total. The van der Waals surface area contributed by atoms with Gasteiger partial charge in [0.1, 0.15) is 16.9 Å². The number of piperidine rings is 1. The number of fused-ring (bicyclic) bond motifs is 3. The first-order chi connectivity index (χ1) is 22.1. The Morgan fingerprint density at radius 1 is 0.891 bits per heavy atom. The minimum Gasteiger partial charge on any atom is -0.333 e. The molecule has 46 heavy (non-hydrogen) atoms. The van der Waals surface area contributed by atoms with E-state index in [2.05, 4.69) is 63.8 Å². The highest BCUT2D eigenvalue weighted by molar-refractivity contribution is 5.99. The molecule has 7 rings (SSSR count). The number of rotatable bonds is 6. The number of anilines is 2. The molecule has 2 aromatic heterocycles. The molecule has 10 nitrogen and oxygen atoms in total. The van der Waals surface area contributed by atoms with Gasteiger partial charge in [0, 0.05) is 34.8 Å². The maximum atomic E-state index is 13.6. The number of carbonyl (C=O) groups is 2. The lowest BCUT2D eigenvalue weighted by molar-refractivity contribution is 0.0524. The maximum Gasteiger partial charge on any atom is 0.324 e. The van der Waals surface area contributed by atoms with E-state index in [1.807, 2.05) is 67.6 Å². The van der Waals surface area contributed by atoms with E-state index in [-0.39, 0.29) is 29.4 Å². The molecule has 10 heteroatoms. The third kappa shape index (κ3) is 5.99. The second-order valence-electron chi connectivity index (χ2n) is 13.9. The van der Waals surface area contributed by atoms with E-state index in [1.54, 1.807) is 4.68 Å². The van der Waals surface area contributed by atoms with E-state index < -0.39 is 0 Å². The Hall–Kier alpha value is -4.99. The number of hydrogen-bond acceptors (Lipinski definition) is 5. The third-order valence-corrected chi connectivity index (χ3v) is 9.34. The fourth-order valence-electron chi connectivity index (χ4n) is 7.02. The van der Waals surface area contributed by atoms with Crippen LogP contribution in [0.5, 0.6) is 0 Å². The van der Waals surface area contributed by atoms with Crippen molar-refractivity contribution >= 4 is 34.5 Å². The summed E-state index contributed by atoms with van der Waals surface area (Å²) in [6.07, 6.45) is 4.94. The largest absolute Gasteiger partial charge is 0.333 e. The fraction of sp³-hybridized carbons (Fsp3) is 0.361. The average Bonchev–Trinajstić information content (AvgIpc) is 3.73. The normalized spacial score (nSPS) is 19.4. The highest BCUT2D eigenvalue weighted by atomic mass is 16.2. The summed E-state index contributed by atoms with van der Waals surface area (Å²) in [7, 11) is 0. The molecular formula is C36H40N8O2. The van der Waals surface area contributed by atoms with Crippen LogP contribution in [0.3, 0.4) is 0 Å². The summed E-state index contributed by atoms with van der Waals surface area (Å²) < 4.78 is 1.79. The molecule has 236 valence electrons. The van der Waals surface area contributed by atoms with Crippen molar-refractivity contribution < 1.29 is 9.59 Å². The summed E-state index contributed by atoms with van der Waals surface area (Å²) in [6.45, 7) is 8.37. The highest BCUT2D eigenvalue weighted by Gasteiger charge is 2.43. The summed E-state index contributed by atoms with van der Waals surface area (Å²) in [5.74, 6) is 1.18. The van der Waals surface area contributed by atoms with Gasteiger partial charge in [0.25, 0.3) is 5.91 Å². The van der Waals surface area contributed by atoms with Crippen LogP contribution in [0.1, 0.15) is 73.6 Å². The standard InChI is InChI=1S/C36H40N8O2/c1-22-8-11-27(12-9-22)44-33(21-32(41-44)36(2,3)4)38-35(46)37-26-7-5-6-23(17-26)16-24-18-28-13-14-29(19-24)43(28)34(45)25-10-15-30-31(20-25)40-42-39-30/h5-12,15,17,20-21,24,28-29H,13-14,16,18-19H2,1-4H3,(H2,37,38,46)(H,39,40,42). The minimum atomic E-state index is -0.320. The average molecular weight is 617 g/mol. The van der Waals surface area contributed by atoms with Crippen molar-refractivity contribution in [2.75, 3.05) is 10.6 Å². The molecule has 2 aliphatic heterocycles. The van der Waals surface area contributed by atoms with Crippen molar-refractivity contribution in [2.45, 2.75) is 77.3 Å². The van der Waals surface area contributed by atoms with Crippen molar-refractivity contribution in [3.05, 3.63) is 95.2 Å². The van der Waals surface area contributed by atoms with Gasteiger partial charge in [-0.15, -0.1) is 0 Å². The van der Waals surface area contributed by atoms with Gasteiger partial charge in [-0.25, -0.2) is 9.48 Å². The van der Waals surface area contributed by atoms with Crippen LogP contribution in [0.2, 0.25) is 0 Å². The Morgan fingerprint density at radius 3 is 2.37 bits per heavy atom.